The number of hydrogen-bond acceptors (Lipinski definition) is 3. The Morgan fingerprint density at radius 2 is 2.11 bits per heavy atom. The highest BCUT2D eigenvalue weighted by atomic mass is 19.1. The van der Waals surface area contributed by atoms with E-state index in [9.17, 15) is 4.39 Å². The van der Waals surface area contributed by atoms with Crippen LogP contribution >= 0.6 is 0 Å². The molecule has 1 aromatic carbocycles. The van der Waals surface area contributed by atoms with Gasteiger partial charge in [-0.05, 0) is 43.3 Å². The summed E-state index contributed by atoms with van der Waals surface area (Å²) in [6, 6.07) is 8.11. The normalized spacial score (nSPS) is 10.7. The van der Waals surface area contributed by atoms with E-state index in [1.54, 1.807) is 13.2 Å². The summed E-state index contributed by atoms with van der Waals surface area (Å²) in [4.78, 5) is 0. The second-order valence-corrected chi connectivity index (χ2v) is 4.29. The summed E-state index contributed by atoms with van der Waals surface area (Å²) >= 11 is 0. The lowest BCUT2D eigenvalue weighted by Crippen LogP contribution is -2.12. The van der Waals surface area contributed by atoms with Crippen LogP contribution in [0.4, 0.5) is 4.39 Å². The molecule has 1 N–H and O–H groups in total. The number of ether oxygens (including phenoxy) is 1. The molecule has 0 aliphatic heterocycles. The van der Waals surface area contributed by atoms with Crippen molar-refractivity contribution in [3.8, 4) is 17.1 Å². The van der Waals surface area contributed by atoms with Gasteiger partial charge in [0, 0.05) is 0 Å². The molecule has 0 amide bonds. The van der Waals surface area contributed by atoms with Gasteiger partial charge in [0.15, 0.2) is 0 Å². The predicted molar refractivity (Wildman–Crippen MR) is 72.7 cm³/mol. The molecule has 0 saturated heterocycles. The molecule has 0 atom stereocenters. The van der Waals surface area contributed by atoms with Gasteiger partial charge in [-0.2, -0.15) is 0 Å². The third-order valence-electron chi connectivity index (χ3n) is 2.81. The highest BCUT2D eigenvalue weighted by molar-refractivity contribution is 5.66. The van der Waals surface area contributed by atoms with Crippen LogP contribution in [0.1, 0.15) is 19.1 Å². The Morgan fingerprint density at radius 1 is 1.26 bits per heavy atom. The maximum absolute atomic E-state index is 13.3. The van der Waals surface area contributed by atoms with E-state index in [0.717, 1.165) is 18.7 Å². The summed E-state index contributed by atoms with van der Waals surface area (Å²) in [5.41, 5.74) is 0.629. The Kier molecular flexibility index (Phi) is 4.58. The van der Waals surface area contributed by atoms with Crippen molar-refractivity contribution in [2.24, 2.45) is 0 Å². The van der Waals surface area contributed by atoms with E-state index in [0.29, 0.717) is 23.6 Å². The minimum Gasteiger partial charge on any atom is -0.496 e. The Hall–Kier alpha value is -1.81. The van der Waals surface area contributed by atoms with Gasteiger partial charge in [-0.25, -0.2) is 4.39 Å². The average molecular weight is 263 g/mol. The van der Waals surface area contributed by atoms with Gasteiger partial charge in [0.2, 0.25) is 0 Å². The molecule has 0 bridgehead atoms. The van der Waals surface area contributed by atoms with Crippen LogP contribution in [0, 0.1) is 5.82 Å². The first-order valence-corrected chi connectivity index (χ1v) is 6.38. The lowest BCUT2D eigenvalue weighted by Gasteiger charge is -2.06. The quantitative estimate of drug-likeness (QED) is 0.809. The van der Waals surface area contributed by atoms with Crippen LogP contribution in [0.25, 0.3) is 11.3 Å². The molecule has 102 valence electrons. The summed E-state index contributed by atoms with van der Waals surface area (Å²) in [6.45, 7) is 3.73. The van der Waals surface area contributed by atoms with Crippen molar-refractivity contribution >= 4 is 0 Å². The third kappa shape index (κ3) is 3.35. The largest absolute Gasteiger partial charge is 0.496 e. The molecule has 0 aliphatic carbocycles. The molecule has 2 rings (SSSR count). The van der Waals surface area contributed by atoms with Gasteiger partial charge >= 0.3 is 0 Å². The molecule has 19 heavy (non-hydrogen) atoms. The van der Waals surface area contributed by atoms with Gasteiger partial charge in [-0.15, -0.1) is 0 Å². The van der Waals surface area contributed by atoms with E-state index in [1.165, 1.54) is 12.1 Å². The monoisotopic (exact) mass is 263 g/mol. The molecule has 0 unspecified atom stereocenters. The standard InChI is InChI=1S/C15H18FNO2/c1-3-8-17-10-12-5-7-15(19-12)13-9-11(16)4-6-14(13)18-2/h4-7,9,17H,3,8,10H2,1-2H3. The van der Waals surface area contributed by atoms with E-state index >= 15 is 0 Å². The van der Waals surface area contributed by atoms with E-state index < -0.39 is 0 Å². The molecule has 0 fully saturated rings. The first-order chi connectivity index (χ1) is 9.24. The second kappa shape index (κ2) is 6.38. The topological polar surface area (TPSA) is 34.4 Å². The summed E-state index contributed by atoms with van der Waals surface area (Å²) < 4.78 is 24.2. The van der Waals surface area contributed by atoms with Gasteiger partial charge in [0.05, 0.1) is 19.2 Å². The Labute approximate surface area is 112 Å². The van der Waals surface area contributed by atoms with Crippen molar-refractivity contribution < 1.29 is 13.5 Å². The average Bonchev–Trinajstić information content (AvgIpc) is 2.88. The first kappa shape index (κ1) is 13.6. The van der Waals surface area contributed by atoms with Crippen molar-refractivity contribution in [2.75, 3.05) is 13.7 Å². The summed E-state index contributed by atoms with van der Waals surface area (Å²) in [7, 11) is 1.56. The first-order valence-electron chi connectivity index (χ1n) is 6.38. The molecule has 0 radical (unpaired) electrons. The van der Waals surface area contributed by atoms with E-state index in [4.69, 9.17) is 9.15 Å². The van der Waals surface area contributed by atoms with Crippen molar-refractivity contribution in [1.29, 1.82) is 0 Å². The minimum absolute atomic E-state index is 0.308. The fraction of sp³-hybridized carbons (Fsp3) is 0.333. The zero-order valence-electron chi connectivity index (χ0n) is 11.2. The smallest absolute Gasteiger partial charge is 0.138 e. The third-order valence-corrected chi connectivity index (χ3v) is 2.81. The fourth-order valence-corrected chi connectivity index (χ4v) is 1.88. The van der Waals surface area contributed by atoms with Crippen molar-refractivity contribution in [1.82, 2.24) is 5.32 Å². The number of benzene rings is 1. The van der Waals surface area contributed by atoms with Crippen LogP contribution in [0.2, 0.25) is 0 Å². The number of hydrogen-bond donors (Lipinski definition) is 1. The molecule has 0 saturated carbocycles. The molecule has 0 spiro atoms. The predicted octanol–water partition coefficient (Wildman–Crippen LogP) is 3.59. The number of halogens is 1. The van der Waals surface area contributed by atoms with Gasteiger partial charge in [-0.1, -0.05) is 6.92 Å². The van der Waals surface area contributed by atoms with Gasteiger partial charge in [0.25, 0.3) is 0 Å². The van der Waals surface area contributed by atoms with Crippen molar-refractivity contribution in [3.05, 3.63) is 41.9 Å². The molecule has 1 aromatic heterocycles. The van der Waals surface area contributed by atoms with E-state index in [-0.39, 0.29) is 5.82 Å². The second-order valence-electron chi connectivity index (χ2n) is 4.29. The molecule has 0 aliphatic rings. The SMILES string of the molecule is CCCNCc1ccc(-c2cc(F)ccc2OC)o1. The van der Waals surface area contributed by atoms with E-state index in [2.05, 4.69) is 12.2 Å². The maximum Gasteiger partial charge on any atom is 0.138 e. The van der Waals surface area contributed by atoms with E-state index in [1.807, 2.05) is 12.1 Å². The Balaban J connectivity index is 2.20. The molecule has 2 aromatic rings. The van der Waals surface area contributed by atoms with Crippen LogP contribution in [0.5, 0.6) is 5.75 Å². The van der Waals surface area contributed by atoms with Crippen LogP contribution in [-0.2, 0) is 6.54 Å². The molecule has 1 heterocycles. The van der Waals surface area contributed by atoms with Crippen LogP contribution in [-0.4, -0.2) is 13.7 Å². The van der Waals surface area contributed by atoms with Gasteiger partial charge in [-0.3, -0.25) is 0 Å². The molecular weight excluding hydrogens is 245 g/mol. The van der Waals surface area contributed by atoms with Crippen LogP contribution in [0.15, 0.2) is 34.7 Å². The number of furan rings is 1. The van der Waals surface area contributed by atoms with Crippen molar-refractivity contribution in [3.63, 3.8) is 0 Å². The lowest BCUT2D eigenvalue weighted by atomic mass is 10.1. The van der Waals surface area contributed by atoms with Crippen LogP contribution < -0.4 is 10.1 Å². The lowest BCUT2D eigenvalue weighted by molar-refractivity contribution is 0.412. The maximum atomic E-state index is 13.3. The number of nitrogens with one attached hydrogen (secondary N) is 1. The highest BCUT2D eigenvalue weighted by Gasteiger charge is 2.11. The zero-order chi connectivity index (χ0) is 13.7. The Bertz CT molecular complexity index is 537. The number of rotatable bonds is 6. The Morgan fingerprint density at radius 3 is 2.84 bits per heavy atom. The molecular formula is C15H18FNO2. The fourth-order valence-electron chi connectivity index (χ4n) is 1.88. The van der Waals surface area contributed by atoms with Crippen LogP contribution in [0.3, 0.4) is 0 Å². The highest BCUT2D eigenvalue weighted by Crippen LogP contribution is 2.31. The van der Waals surface area contributed by atoms with Crippen molar-refractivity contribution in [2.45, 2.75) is 19.9 Å². The molecule has 4 heteroatoms. The minimum atomic E-state index is -0.308. The zero-order valence-corrected chi connectivity index (χ0v) is 11.2. The summed E-state index contributed by atoms with van der Waals surface area (Å²) in [6.07, 6.45) is 1.07. The van der Waals surface area contributed by atoms with Gasteiger partial charge in [0.1, 0.15) is 23.1 Å². The number of methoxy groups -OCH3 is 1. The molecule has 3 nitrogen and oxygen atoms in total. The van der Waals surface area contributed by atoms with Gasteiger partial charge < -0.3 is 14.5 Å². The summed E-state index contributed by atoms with van der Waals surface area (Å²) in [5, 5.41) is 3.26. The summed E-state index contributed by atoms with van der Waals surface area (Å²) in [5.74, 6) is 1.74.